The quantitative estimate of drug-likeness (QED) is 0.301. The molecule has 34 heavy (non-hydrogen) atoms. The maximum atomic E-state index is 13.1. The van der Waals surface area contributed by atoms with Crippen LogP contribution in [0, 0.1) is 5.21 Å². The van der Waals surface area contributed by atoms with Crippen molar-refractivity contribution in [3.05, 3.63) is 70.9 Å². The predicted molar refractivity (Wildman–Crippen MR) is 126 cm³/mol. The molecule has 1 aliphatic heterocycles. The molecule has 0 spiro atoms. The molecule has 5 rings (SSSR count). The Hall–Kier alpha value is -3.19. The molecule has 0 bridgehead atoms. The SMILES string of the molecule is O=C(c1cnc(-c2cc[n+]([O-])cc2)nn1)N1CCN(S(=O)(=O)c2cc3ccc(Cl)cc3s2)CC1. The molecule has 1 saturated heterocycles. The van der Waals surface area contributed by atoms with Gasteiger partial charge >= 0.3 is 0 Å². The highest BCUT2D eigenvalue weighted by Gasteiger charge is 2.32. The van der Waals surface area contributed by atoms with Crippen LogP contribution in [0.2, 0.25) is 5.02 Å². The van der Waals surface area contributed by atoms with Gasteiger partial charge in [-0.1, -0.05) is 17.7 Å². The number of sulfonamides is 1. The van der Waals surface area contributed by atoms with Crippen LogP contribution in [0.15, 0.2) is 59.2 Å². The number of nitrogens with zero attached hydrogens (tertiary/aromatic N) is 6. The lowest BCUT2D eigenvalue weighted by Crippen LogP contribution is -2.50. The molecule has 1 fully saturated rings. The average Bonchev–Trinajstić information content (AvgIpc) is 3.28. The third kappa shape index (κ3) is 4.32. The molecular formula is C21H17ClN6O4S2. The van der Waals surface area contributed by atoms with Gasteiger partial charge in [-0.15, -0.1) is 21.5 Å². The van der Waals surface area contributed by atoms with Crippen LogP contribution in [-0.4, -0.2) is 64.9 Å². The third-order valence-corrected chi connectivity index (χ3v) is 9.10. The molecule has 13 heteroatoms. The number of benzene rings is 1. The smallest absolute Gasteiger partial charge is 0.276 e. The number of hydrogen-bond donors (Lipinski definition) is 0. The molecule has 3 aromatic heterocycles. The highest BCUT2D eigenvalue weighted by Crippen LogP contribution is 2.33. The van der Waals surface area contributed by atoms with Crippen molar-refractivity contribution in [1.82, 2.24) is 24.4 Å². The molecule has 4 aromatic rings. The van der Waals surface area contributed by atoms with Gasteiger partial charge in [0.1, 0.15) is 4.21 Å². The predicted octanol–water partition coefficient (Wildman–Crippen LogP) is 2.19. The number of aromatic nitrogens is 4. The molecule has 0 aliphatic carbocycles. The molecule has 0 N–H and O–H groups in total. The molecular weight excluding hydrogens is 500 g/mol. The summed E-state index contributed by atoms with van der Waals surface area (Å²) in [6.07, 6.45) is 3.97. The van der Waals surface area contributed by atoms with E-state index in [2.05, 4.69) is 15.2 Å². The standard InChI is InChI=1S/C21H17ClN6O4S2/c22-16-2-1-15-11-19(33-18(15)12-16)34(31,32)28-9-7-26(8-10-28)21(29)17-13-23-20(25-24-17)14-3-5-27(30)6-4-14/h1-6,11-13H,7-10H2. The fourth-order valence-electron chi connectivity index (χ4n) is 3.60. The van der Waals surface area contributed by atoms with E-state index in [0.29, 0.717) is 15.3 Å². The number of piperazine rings is 1. The van der Waals surface area contributed by atoms with Crippen molar-refractivity contribution >= 4 is 49.0 Å². The van der Waals surface area contributed by atoms with Crippen LogP contribution in [0.5, 0.6) is 0 Å². The van der Waals surface area contributed by atoms with Gasteiger partial charge in [0.2, 0.25) is 0 Å². The summed E-state index contributed by atoms with van der Waals surface area (Å²) in [6, 6.07) is 10.0. The Kier molecular flexibility index (Phi) is 5.90. The van der Waals surface area contributed by atoms with E-state index in [1.165, 1.54) is 39.1 Å². The van der Waals surface area contributed by atoms with Gasteiger partial charge < -0.3 is 10.1 Å². The zero-order valence-electron chi connectivity index (χ0n) is 17.5. The normalized spacial score (nSPS) is 15.0. The van der Waals surface area contributed by atoms with E-state index in [1.807, 2.05) is 0 Å². The topological polar surface area (TPSA) is 123 Å². The summed E-state index contributed by atoms with van der Waals surface area (Å²) in [4.78, 5) is 18.5. The largest absolute Gasteiger partial charge is 0.619 e. The van der Waals surface area contributed by atoms with Crippen LogP contribution in [0.1, 0.15) is 10.5 Å². The molecule has 0 atom stereocenters. The number of carbonyl (C=O) groups excluding carboxylic acids is 1. The van der Waals surface area contributed by atoms with Crippen LogP contribution in [0.25, 0.3) is 21.5 Å². The van der Waals surface area contributed by atoms with E-state index in [1.54, 1.807) is 36.4 Å². The van der Waals surface area contributed by atoms with Crippen LogP contribution < -0.4 is 4.73 Å². The number of halogens is 1. The third-order valence-electron chi connectivity index (χ3n) is 5.42. The fraction of sp³-hybridized carbons (Fsp3) is 0.190. The molecule has 0 saturated carbocycles. The molecule has 1 aromatic carbocycles. The number of rotatable bonds is 4. The minimum Gasteiger partial charge on any atom is -0.619 e. The first kappa shape index (κ1) is 22.6. The number of amides is 1. The second-order valence-electron chi connectivity index (χ2n) is 7.56. The van der Waals surface area contributed by atoms with Gasteiger partial charge in [-0.3, -0.25) is 4.79 Å². The van der Waals surface area contributed by atoms with E-state index in [-0.39, 0.29) is 47.8 Å². The maximum absolute atomic E-state index is 13.1. The molecule has 0 radical (unpaired) electrons. The average molecular weight is 517 g/mol. The first-order valence-electron chi connectivity index (χ1n) is 10.2. The van der Waals surface area contributed by atoms with Gasteiger partial charge in [-0.2, -0.15) is 9.04 Å². The molecule has 0 unspecified atom stereocenters. The number of carbonyl (C=O) groups is 1. The van der Waals surface area contributed by atoms with Gasteiger partial charge in [0.25, 0.3) is 15.9 Å². The second-order valence-corrected chi connectivity index (χ2v) is 11.2. The monoisotopic (exact) mass is 516 g/mol. The molecule has 10 nitrogen and oxygen atoms in total. The lowest BCUT2D eigenvalue weighted by Gasteiger charge is -2.33. The minimum absolute atomic E-state index is 0.0660. The fourth-order valence-corrected chi connectivity index (χ4v) is 6.85. The minimum atomic E-state index is -3.68. The summed E-state index contributed by atoms with van der Waals surface area (Å²) in [5.41, 5.74) is 0.664. The van der Waals surface area contributed by atoms with Crippen molar-refractivity contribution in [2.75, 3.05) is 26.2 Å². The summed E-state index contributed by atoms with van der Waals surface area (Å²) in [5.74, 6) is -0.0803. The van der Waals surface area contributed by atoms with Crippen molar-refractivity contribution < 1.29 is 17.9 Å². The molecule has 1 aliphatic rings. The Balaban J connectivity index is 1.26. The lowest BCUT2D eigenvalue weighted by molar-refractivity contribution is -0.605. The maximum Gasteiger partial charge on any atom is 0.276 e. The zero-order chi connectivity index (χ0) is 23.9. The summed E-state index contributed by atoms with van der Waals surface area (Å²) in [6.45, 7) is 0.781. The molecule has 1 amide bonds. The van der Waals surface area contributed by atoms with Gasteiger partial charge in [0.15, 0.2) is 23.9 Å². The second kappa shape index (κ2) is 8.87. The van der Waals surface area contributed by atoms with E-state index >= 15 is 0 Å². The Labute approximate surface area is 203 Å². The van der Waals surface area contributed by atoms with Gasteiger partial charge in [0, 0.05) is 53.6 Å². The summed E-state index contributed by atoms with van der Waals surface area (Å²) in [5, 5.41) is 20.5. The number of pyridine rings is 1. The lowest BCUT2D eigenvalue weighted by atomic mass is 10.2. The Bertz CT molecular complexity index is 1470. The number of fused-ring (bicyclic) bond motifs is 1. The number of thiophene rings is 1. The number of hydrogen-bond acceptors (Lipinski definition) is 8. The first-order chi connectivity index (χ1) is 16.3. The Morgan fingerprint density at radius 2 is 1.79 bits per heavy atom. The van der Waals surface area contributed by atoms with Crippen molar-refractivity contribution in [3.63, 3.8) is 0 Å². The van der Waals surface area contributed by atoms with E-state index in [4.69, 9.17) is 11.6 Å². The summed E-state index contributed by atoms with van der Waals surface area (Å²) >= 11 is 7.19. The van der Waals surface area contributed by atoms with Crippen molar-refractivity contribution in [1.29, 1.82) is 0 Å². The highest BCUT2D eigenvalue weighted by molar-refractivity contribution is 7.91. The van der Waals surface area contributed by atoms with E-state index in [0.717, 1.165) is 10.1 Å². The van der Waals surface area contributed by atoms with Gasteiger partial charge in [0.05, 0.1) is 6.20 Å². The Morgan fingerprint density at radius 3 is 2.47 bits per heavy atom. The molecule has 174 valence electrons. The Morgan fingerprint density at radius 1 is 1.06 bits per heavy atom. The van der Waals surface area contributed by atoms with E-state index < -0.39 is 10.0 Å². The van der Waals surface area contributed by atoms with Crippen molar-refractivity contribution in [3.8, 4) is 11.4 Å². The van der Waals surface area contributed by atoms with Gasteiger partial charge in [-0.25, -0.2) is 13.4 Å². The van der Waals surface area contributed by atoms with Crippen LogP contribution in [0.4, 0.5) is 0 Å². The molecule has 4 heterocycles. The van der Waals surface area contributed by atoms with Crippen LogP contribution >= 0.6 is 22.9 Å². The van der Waals surface area contributed by atoms with Crippen LogP contribution in [0.3, 0.4) is 0 Å². The van der Waals surface area contributed by atoms with Gasteiger partial charge in [-0.05, 0) is 23.6 Å². The zero-order valence-corrected chi connectivity index (χ0v) is 19.9. The highest BCUT2D eigenvalue weighted by atomic mass is 35.5. The van der Waals surface area contributed by atoms with Crippen LogP contribution in [-0.2, 0) is 10.0 Å². The van der Waals surface area contributed by atoms with Crippen molar-refractivity contribution in [2.24, 2.45) is 0 Å². The van der Waals surface area contributed by atoms with E-state index in [9.17, 15) is 18.4 Å². The van der Waals surface area contributed by atoms with Crippen molar-refractivity contribution in [2.45, 2.75) is 4.21 Å². The first-order valence-corrected chi connectivity index (χ1v) is 12.8. The summed E-state index contributed by atoms with van der Waals surface area (Å²) < 4.78 is 29.3. The summed E-state index contributed by atoms with van der Waals surface area (Å²) in [7, 11) is -3.68.